The van der Waals surface area contributed by atoms with Crippen molar-refractivity contribution >= 4 is 15.9 Å². The average molecular weight is 355 g/mol. The SMILES string of the molecule is CCC(C)C(NS(=O)(=O)c1c(C)cc(C(C)(C)C)cc1C)C(N)=O. The average Bonchev–Trinajstić information content (AvgIpc) is 2.41. The molecule has 136 valence electrons. The van der Waals surface area contributed by atoms with Crippen molar-refractivity contribution in [1.29, 1.82) is 0 Å². The summed E-state index contributed by atoms with van der Waals surface area (Å²) in [4.78, 5) is 11.9. The van der Waals surface area contributed by atoms with Crippen molar-refractivity contribution in [2.24, 2.45) is 11.7 Å². The van der Waals surface area contributed by atoms with Gasteiger partial charge < -0.3 is 5.73 Å². The number of aryl methyl sites for hydroxylation is 2. The molecule has 0 aliphatic rings. The van der Waals surface area contributed by atoms with Crippen molar-refractivity contribution in [3.63, 3.8) is 0 Å². The zero-order valence-corrected chi connectivity index (χ0v) is 16.5. The minimum Gasteiger partial charge on any atom is -0.368 e. The molecule has 1 rings (SSSR count). The van der Waals surface area contributed by atoms with Crippen molar-refractivity contribution in [1.82, 2.24) is 4.72 Å². The molecule has 1 amide bonds. The van der Waals surface area contributed by atoms with E-state index < -0.39 is 22.0 Å². The van der Waals surface area contributed by atoms with E-state index in [1.54, 1.807) is 20.8 Å². The maximum Gasteiger partial charge on any atom is 0.241 e. The molecule has 0 bridgehead atoms. The number of nitrogens with one attached hydrogen (secondary N) is 1. The third-order valence-corrected chi connectivity index (χ3v) is 6.14. The lowest BCUT2D eigenvalue weighted by Crippen LogP contribution is -2.48. The highest BCUT2D eigenvalue weighted by Gasteiger charge is 2.30. The predicted molar refractivity (Wildman–Crippen MR) is 97.4 cm³/mol. The first-order chi connectivity index (χ1) is 10.8. The highest BCUT2D eigenvalue weighted by atomic mass is 32.2. The predicted octanol–water partition coefficient (Wildman–Crippen LogP) is 2.78. The number of primary amides is 1. The Hall–Kier alpha value is -1.40. The molecule has 2 unspecified atom stereocenters. The summed E-state index contributed by atoms with van der Waals surface area (Å²) in [6.07, 6.45) is 0.650. The summed E-state index contributed by atoms with van der Waals surface area (Å²) in [6.45, 7) is 13.5. The number of amides is 1. The van der Waals surface area contributed by atoms with Gasteiger partial charge in [-0.1, -0.05) is 53.2 Å². The van der Waals surface area contributed by atoms with Crippen molar-refractivity contribution in [2.75, 3.05) is 0 Å². The van der Waals surface area contributed by atoms with Crippen LogP contribution in [0.2, 0.25) is 0 Å². The minimum atomic E-state index is -3.83. The van der Waals surface area contributed by atoms with E-state index in [1.807, 2.05) is 19.1 Å². The van der Waals surface area contributed by atoms with Gasteiger partial charge in [0, 0.05) is 0 Å². The molecule has 1 aromatic carbocycles. The largest absolute Gasteiger partial charge is 0.368 e. The number of benzene rings is 1. The molecule has 5 nitrogen and oxygen atoms in total. The molecular weight excluding hydrogens is 324 g/mol. The highest BCUT2D eigenvalue weighted by Crippen LogP contribution is 2.29. The molecule has 6 heteroatoms. The summed E-state index contributed by atoms with van der Waals surface area (Å²) in [5.74, 6) is -0.832. The van der Waals surface area contributed by atoms with Crippen LogP contribution in [-0.2, 0) is 20.2 Å². The second kappa shape index (κ2) is 7.23. The standard InChI is InChI=1S/C18H30N2O3S/c1-8-11(2)15(17(19)21)20-24(22,23)16-12(3)9-14(10-13(16)4)18(5,6)7/h9-11,15,20H,8H2,1-7H3,(H2,19,21). The Morgan fingerprint density at radius 1 is 1.21 bits per heavy atom. The van der Waals surface area contributed by atoms with Gasteiger partial charge in [0.1, 0.15) is 6.04 Å². The molecule has 2 atom stereocenters. The van der Waals surface area contributed by atoms with E-state index in [9.17, 15) is 13.2 Å². The first-order valence-electron chi connectivity index (χ1n) is 8.24. The molecule has 0 radical (unpaired) electrons. The van der Waals surface area contributed by atoms with Crippen LogP contribution in [0.4, 0.5) is 0 Å². The van der Waals surface area contributed by atoms with Crippen LogP contribution in [0.15, 0.2) is 17.0 Å². The number of hydrogen-bond donors (Lipinski definition) is 2. The van der Waals surface area contributed by atoms with E-state index in [2.05, 4.69) is 25.5 Å². The minimum absolute atomic E-state index is 0.0717. The van der Waals surface area contributed by atoms with Gasteiger partial charge in [0.05, 0.1) is 4.90 Å². The van der Waals surface area contributed by atoms with Crippen molar-refractivity contribution in [2.45, 2.75) is 71.2 Å². The van der Waals surface area contributed by atoms with Gasteiger partial charge in [-0.05, 0) is 41.9 Å². The van der Waals surface area contributed by atoms with Crippen molar-refractivity contribution in [3.8, 4) is 0 Å². The summed E-state index contributed by atoms with van der Waals surface area (Å²) in [7, 11) is -3.83. The lowest BCUT2D eigenvalue weighted by molar-refractivity contribution is -0.120. The lowest BCUT2D eigenvalue weighted by atomic mass is 9.85. The summed E-state index contributed by atoms with van der Waals surface area (Å²) in [5.41, 5.74) is 7.73. The van der Waals surface area contributed by atoms with Gasteiger partial charge in [-0.15, -0.1) is 0 Å². The third kappa shape index (κ3) is 4.57. The first-order valence-corrected chi connectivity index (χ1v) is 9.73. The normalized spacial score (nSPS) is 15.1. The smallest absolute Gasteiger partial charge is 0.241 e. The van der Waals surface area contributed by atoms with Gasteiger partial charge in [0.25, 0.3) is 0 Å². The van der Waals surface area contributed by atoms with E-state index in [0.717, 1.165) is 5.56 Å². The Morgan fingerprint density at radius 3 is 2.00 bits per heavy atom. The van der Waals surface area contributed by atoms with Crippen LogP contribution >= 0.6 is 0 Å². The van der Waals surface area contributed by atoms with Gasteiger partial charge >= 0.3 is 0 Å². The molecule has 0 spiro atoms. The summed E-state index contributed by atoms with van der Waals surface area (Å²) >= 11 is 0. The number of nitrogens with two attached hydrogens (primary N) is 1. The Balaban J connectivity index is 3.36. The molecular formula is C18H30N2O3S. The van der Waals surface area contributed by atoms with E-state index in [-0.39, 0.29) is 16.2 Å². The molecule has 0 aliphatic carbocycles. The molecule has 0 heterocycles. The molecule has 0 saturated heterocycles. The summed E-state index contributed by atoms with van der Waals surface area (Å²) in [6, 6.07) is 2.87. The van der Waals surface area contributed by atoms with Crippen LogP contribution in [0.5, 0.6) is 0 Å². The number of rotatable bonds is 6. The Bertz CT molecular complexity index is 695. The highest BCUT2D eigenvalue weighted by molar-refractivity contribution is 7.89. The number of hydrogen-bond acceptors (Lipinski definition) is 3. The van der Waals surface area contributed by atoms with Crippen molar-refractivity contribution in [3.05, 3.63) is 28.8 Å². The van der Waals surface area contributed by atoms with E-state index >= 15 is 0 Å². The topological polar surface area (TPSA) is 89.3 Å². The Kier molecular flexibility index (Phi) is 6.22. The van der Waals surface area contributed by atoms with E-state index in [0.29, 0.717) is 17.5 Å². The second-order valence-electron chi connectivity index (χ2n) is 7.58. The Labute approximate surface area is 146 Å². The molecule has 0 saturated carbocycles. The number of carbonyl (C=O) groups is 1. The van der Waals surface area contributed by atoms with E-state index in [1.165, 1.54) is 0 Å². The van der Waals surface area contributed by atoms with Crippen LogP contribution in [0.25, 0.3) is 0 Å². The summed E-state index contributed by atoms with van der Waals surface area (Å²) in [5, 5.41) is 0. The maximum absolute atomic E-state index is 12.9. The lowest BCUT2D eigenvalue weighted by Gasteiger charge is -2.24. The fraction of sp³-hybridized carbons (Fsp3) is 0.611. The molecule has 3 N–H and O–H groups in total. The molecule has 1 aromatic rings. The van der Waals surface area contributed by atoms with Gasteiger partial charge in [-0.2, -0.15) is 4.72 Å². The van der Waals surface area contributed by atoms with Crippen LogP contribution in [0.1, 0.15) is 57.7 Å². The molecule has 0 aromatic heterocycles. The van der Waals surface area contributed by atoms with Crippen LogP contribution in [-0.4, -0.2) is 20.4 Å². The fourth-order valence-electron chi connectivity index (χ4n) is 2.72. The number of carbonyl (C=O) groups excluding carboxylic acids is 1. The van der Waals surface area contributed by atoms with Crippen molar-refractivity contribution < 1.29 is 13.2 Å². The van der Waals surface area contributed by atoms with Gasteiger partial charge in [0.15, 0.2) is 0 Å². The van der Waals surface area contributed by atoms with E-state index in [4.69, 9.17) is 5.73 Å². The van der Waals surface area contributed by atoms with Gasteiger partial charge in [0.2, 0.25) is 15.9 Å². The Morgan fingerprint density at radius 2 is 1.67 bits per heavy atom. The third-order valence-electron chi connectivity index (χ3n) is 4.40. The first kappa shape index (κ1) is 20.6. The summed E-state index contributed by atoms with van der Waals surface area (Å²) < 4.78 is 28.2. The van der Waals surface area contributed by atoms with Crippen LogP contribution in [0.3, 0.4) is 0 Å². The molecule has 24 heavy (non-hydrogen) atoms. The fourth-order valence-corrected chi connectivity index (χ4v) is 4.49. The van der Waals surface area contributed by atoms with Gasteiger partial charge in [-0.25, -0.2) is 8.42 Å². The van der Waals surface area contributed by atoms with Crippen LogP contribution < -0.4 is 10.5 Å². The molecule has 0 aliphatic heterocycles. The maximum atomic E-state index is 12.9. The number of sulfonamides is 1. The van der Waals surface area contributed by atoms with Crippen LogP contribution in [0, 0.1) is 19.8 Å². The van der Waals surface area contributed by atoms with Gasteiger partial charge in [-0.3, -0.25) is 4.79 Å². The quantitative estimate of drug-likeness (QED) is 0.823. The molecule has 0 fully saturated rings. The second-order valence-corrected chi connectivity index (χ2v) is 9.23. The zero-order chi connectivity index (χ0) is 18.9. The monoisotopic (exact) mass is 354 g/mol. The zero-order valence-electron chi connectivity index (χ0n) is 15.7.